The van der Waals surface area contributed by atoms with Gasteiger partial charge in [0.05, 0.1) is 29.0 Å². The van der Waals surface area contributed by atoms with Crippen LogP contribution < -0.4 is 16.6 Å². The van der Waals surface area contributed by atoms with Crippen LogP contribution in [-0.2, 0) is 30.0 Å². The number of pyridine rings is 1. The van der Waals surface area contributed by atoms with Crippen molar-refractivity contribution in [2.75, 3.05) is 17.7 Å². The van der Waals surface area contributed by atoms with E-state index in [0.717, 1.165) is 10.1 Å². The number of anilines is 1. The van der Waals surface area contributed by atoms with Gasteiger partial charge in [-0.2, -0.15) is 0 Å². The SMILES string of the molecule is CCOC(=O)c1ccccc1NC(=O)CSc1c(CC(C)C)cnc2c1c(=O)n(C)c(=O)n2C. The van der Waals surface area contributed by atoms with Crippen LogP contribution in [0.25, 0.3) is 11.0 Å². The first-order valence-corrected chi connectivity index (χ1v) is 11.9. The van der Waals surface area contributed by atoms with Gasteiger partial charge < -0.3 is 10.1 Å². The molecule has 0 unspecified atom stereocenters. The third kappa shape index (κ3) is 5.22. The minimum Gasteiger partial charge on any atom is -0.462 e. The van der Waals surface area contributed by atoms with Gasteiger partial charge in [0, 0.05) is 25.2 Å². The number of esters is 1. The summed E-state index contributed by atoms with van der Waals surface area (Å²) in [5.41, 5.74) is 0.810. The molecule has 0 fully saturated rings. The quantitative estimate of drug-likeness (QED) is 0.386. The Morgan fingerprint density at radius 1 is 1.15 bits per heavy atom. The van der Waals surface area contributed by atoms with Crippen LogP contribution in [0.5, 0.6) is 0 Å². The van der Waals surface area contributed by atoms with Crippen LogP contribution in [0.1, 0.15) is 36.7 Å². The molecule has 0 aliphatic heterocycles. The lowest BCUT2D eigenvalue weighted by Gasteiger charge is -2.16. The Morgan fingerprint density at radius 3 is 2.53 bits per heavy atom. The Morgan fingerprint density at radius 2 is 1.85 bits per heavy atom. The molecule has 9 nitrogen and oxygen atoms in total. The van der Waals surface area contributed by atoms with E-state index < -0.39 is 17.2 Å². The number of carbonyl (C=O) groups is 2. The van der Waals surface area contributed by atoms with Gasteiger partial charge in [0.25, 0.3) is 5.56 Å². The zero-order valence-corrected chi connectivity index (χ0v) is 20.7. The molecule has 0 saturated heterocycles. The summed E-state index contributed by atoms with van der Waals surface area (Å²) < 4.78 is 7.43. The molecule has 0 atom stereocenters. The smallest absolute Gasteiger partial charge is 0.340 e. The summed E-state index contributed by atoms with van der Waals surface area (Å²) in [7, 11) is 2.99. The minimum atomic E-state index is -0.519. The second kappa shape index (κ2) is 10.7. The fourth-order valence-corrected chi connectivity index (χ4v) is 4.59. The zero-order valence-electron chi connectivity index (χ0n) is 19.9. The molecule has 0 saturated carbocycles. The second-order valence-electron chi connectivity index (χ2n) is 8.22. The highest BCUT2D eigenvalue weighted by atomic mass is 32.2. The molecule has 1 aromatic carbocycles. The van der Waals surface area contributed by atoms with Crippen molar-refractivity contribution in [1.29, 1.82) is 0 Å². The fourth-order valence-electron chi connectivity index (χ4n) is 3.59. The van der Waals surface area contributed by atoms with E-state index in [2.05, 4.69) is 24.1 Å². The van der Waals surface area contributed by atoms with E-state index in [0.29, 0.717) is 28.3 Å². The maximum absolute atomic E-state index is 13.0. The number of fused-ring (bicyclic) bond motifs is 1. The lowest BCUT2D eigenvalue weighted by Crippen LogP contribution is -2.37. The van der Waals surface area contributed by atoms with E-state index >= 15 is 0 Å². The normalized spacial score (nSPS) is 11.1. The number of ether oxygens (including phenoxy) is 1. The lowest BCUT2D eigenvalue weighted by atomic mass is 10.0. The lowest BCUT2D eigenvalue weighted by molar-refractivity contribution is -0.113. The highest BCUT2D eigenvalue weighted by molar-refractivity contribution is 8.00. The van der Waals surface area contributed by atoms with E-state index in [1.807, 2.05) is 0 Å². The zero-order chi connectivity index (χ0) is 25.0. The molecule has 2 aromatic heterocycles. The van der Waals surface area contributed by atoms with Crippen molar-refractivity contribution in [3.8, 4) is 0 Å². The van der Waals surface area contributed by atoms with E-state index in [1.54, 1.807) is 44.4 Å². The molecule has 0 aliphatic rings. The van der Waals surface area contributed by atoms with Crippen LogP contribution in [0, 0.1) is 5.92 Å². The van der Waals surface area contributed by atoms with Crippen LogP contribution >= 0.6 is 11.8 Å². The van der Waals surface area contributed by atoms with Crippen molar-refractivity contribution in [1.82, 2.24) is 14.1 Å². The summed E-state index contributed by atoms with van der Waals surface area (Å²) in [6, 6.07) is 6.62. The number of hydrogen-bond donors (Lipinski definition) is 1. The number of nitrogens with zero attached hydrogens (tertiary/aromatic N) is 3. The number of hydrogen-bond acceptors (Lipinski definition) is 7. The molecule has 1 amide bonds. The molecule has 0 aliphatic carbocycles. The number of aryl methyl sites for hydroxylation is 1. The number of amides is 1. The van der Waals surface area contributed by atoms with E-state index in [9.17, 15) is 19.2 Å². The highest BCUT2D eigenvalue weighted by Gasteiger charge is 2.20. The molecule has 0 bridgehead atoms. The summed E-state index contributed by atoms with van der Waals surface area (Å²) >= 11 is 1.21. The number of thioether (sulfide) groups is 1. The number of benzene rings is 1. The van der Waals surface area contributed by atoms with Crippen molar-refractivity contribution < 1.29 is 14.3 Å². The average molecular weight is 485 g/mol. The van der Waals surface area contributed by atoms with Crippen LogP contribution in [0.4, 0.5) is 5.69 Å². The van der Waals surface area contributed by atoms with E-state index in [-0.39, 0.29) is 29.5 Å². The Kier molecular flexibility index (Phi) is 7.93. The number of para-hydroxylation sites is 1. The maximum atomic E-state index is 13.0. The van der Waals surface area contributed by atoms with Crippen molar-refractivity contribution in [3.05, 3.63) is 62.4 Å². The van der Waals surface area contributed by atoms with Gasteiger partial charge in [-0.15, -0.1) is 11.8 Å². The third-order valence-corrected chi connectivity index (χ3v) is 6.33. The molecule has 0 spiro atoms. The summed E-state index contributed by atoms with van der Waals surface area (Å²) in [4.78, 5) is 55.4. The number of aromatic nitrogens is 3. The second-order valence-corrected chi connectivity index (χ2v) is 9.20. The van der Waals surface area contributed by atoms with Gasteiger partial charge in [0.15, 0.2) is 0 Å². The fraction of sp³-hybridized carbons (Fsp3) is 0.375. The first-order valence-electron chi connectivity index (χ1n) is 10.9. The molecule has 10 heteroatoms. The van der Waals surface area contributed by atoms with Gasteiger partial charge in [0.1, 0.15) is 5.65 Å². The van der Waals surface area contributed by atoms with Crippen LogP contribution in [0.15, 0.2) is 44.9 Å². The average Bonchev–Trinajstić information content (AvgIpc) is 2.80. The van der Waals surface area contributed by atoms with E-state index in [1.165, 1.54) is 23.4 Å². The largest absolute Gasteiger partial charge is 0.462 e. The van der Waals surface area contributed by atoms with E-state index in [4.69, 9.17) is 4.74 Å². The monoisotopic (exact) mass is 484 g/mol. The van der Waals surface area contributed by atoms with Gasteiger partial charge in [0.2, 0.25) is 5.91 Å². The topological polar surface area (TPSA) is 112 Å². The van der Waals surface area contributed by atoms with Gasteiger partial charge in [-0.1, -0.05) is 26.0 Å². The van der Waals surface area contributed by atoms with Gasteiger partial charge in [-0.05, 0) is 37.0 Å². The summed E-state index contributed by atoms with van der Waals surface area (Å²) in [5, 5.41) is 3.07. The first kappa shape index (κ1) is 25.2. The number of nitrogens with one attached hydrogen (secondary N) is 1. The summed E-state index contributed by atoms with van der Waals surface area (Å²) in [6.45, 7) is 6.04. The molecule has 180 valence electrons. The molecule has 3 aromatic rings. The molecule has 34 heavy (non-hydrogen) atoms. The van der Waals surface area contributed by atoms with Gasteiger partial charge >= 0.3 is 11.7 Å². The van der Waals surface area contributed by atoms with Crippen molar-refractivity contribution in [3.63, 3.8) is 0 Å². The molecule has 3 rings (SSSR count). The Bertz CT molecular complexity index is 1360. The molecular formula is C24H28N4O5S. The molecule has 2 heterocycles. The molecular weight excluding hydrogens is 456 g/mol. The maximum Gasteiger partial charge on any atom is 0.340 e. The molecule has 0 radical (unpaired) electrons. The van der Waals surface area contributed by atoms with Crippen molar-refractivity contribution in [2.45, 2.75) is 32.1 Å². The standard InChI is InChI=1S/C24H28N4O5S/c1-6-33-23(31)16-9-7-8-10-17(16)26-18(29)13-34-20-15(11-14(2)3)12-25-21-19(20)22(30)28(5)24(32)27(21)4/h7-10,12,14H,6,11,13H2,1-5H3,(H,26,29). The van der Waals surface area contributed by atoms with Crippen LogP contribution in [0.2, 0.25) is 0 Å². The first-order chi connectivity index (χ1) is 16.1. The summed E-state index contributed by atoms with van der Waals surface area (Å²) in [5.74, 6) is -0.577. The van der Waals surface area contributed by atoms with Crippen molar-refractivity contribution >= 4 is 40.4 Å². The molecule has 1 N–H and O–H groups in total. The Balaban J connectivity index is 1.96. The van der Waals surface area contributed by atoms with Gasteiger partial charge in [-0.25, -0.2) is 14.6 Å². The van der Waals surface area contributed by atoms with Crippen LogP contribution in [0.3, 0.4) is 0 Å². The summed E-state index contributed by atoms with van der Waals surface area (Å²) in [6.07, 6.45) is 2.32. The number of rotatable bonds is 8. The highest BCUT2D eigenvalue weighted by Crippen LogP contribution is 2.30. The van der Waals surface area contributed by atoms with Gasteiger partial charge in [-0.3, -0.25) is 18.7 Å². The Hall–Kier alpha value is -3.40. The third-order valence-electron chi connectivity index (χ3n) is 5.17. The number of carbonyl (C=O) groups excluding carboxylic acids is 2. The predicted octanol–water partition coefficient (Wildman–Crippen LogP) is 2.74. The Labute approximate surface area is 201 Å². The van der Waals surface area contributed by atoms with Crippen LogP contribution in [-0.4, -0.2) is 38.4 Å². The van der Waals surface area contributed by atoms with Crippen molar-refractivity contribution in [2.24, 2.45) is 20.0 Å². The minimum absolute atomic E-state index is 0.00658. The predicted molar refractivity (Wildman–Crippen MR) is 133 cm³/mol.